The molecule has 0 rings (SSSR count). The van der Waals surface area contributed by atoms with Crippen molar-refractivity contribution in [2.24, 2.45) is 0 Å². The normalized spacial score (nSPS) is 12.7. The van der Waals surface area contributed by atoms with Crippen molar-refractivity contribution in [2.45, 2.75) is 25.6 Å². The van der Waals surface area contributed by atoms with Gasteiger partial charge in [-0.2, -0.15) is 0 Å². The highest BCUT2D eigenvalue weighted by molar-refractivity contribution is 6.76. The lowest BCUT2D eigenvalue weighted by Crippen LogP contribution is -2.40. The second-order valence-corrected chi connectivity index (χ2v) is 8.37. The molecule has 0 spiro atoms. The van der Waals surface area contributed by atoms with Crippen LogP contribution in [-0.4, -0.2) is 28.2 Å². The van der Waals surface area contributed by atoms with E-state index in [1.54, 1.807) is 14.2 Å². The Bertz CT molecular complexity index is 73.6. The predicted octanol–water partition coefficient (Wildman–Crippen LogP) is 1.48. The van der Waals surface area contributed by atoms with E-state index in [9.17, 15) is 0 Å². The molecule has 0 unspecified atom stereocenters. The lowest BCUT2D eigenvalue weighted by Gasteiger charge is -2.25. The Labute approximate surface area is 58.2 Å². The van der Waals surface area contributed by atoms with Crippen LogP contribution in [0, 0.1) is 0 Å². The topological polar surface area (TPSA) is 18.5 Å². The zero-order chi connectivity index (χ0) is 7.49. The number of hydrogen-bond donors (Lipinski definition) is 0. The minimum absolute atomic E-state index is 0.0394. The summed E-state index contributed by atoms with van der Waals surface area (Å²) in [7, 11) is 2.14. The predicted molar refractivity (Wildman–Crippen MR) is 41.2 cm³/mol. The van der Waals surface area contributed by atoms with Gasteiger partial charge in [0.05, 0.1) is 0 Å². The fourth-order valence-electron chi connectivity index (χ4n) is 0.803. The van der Waals surface area contributed by atoms with Gasteiger partial charge in [0.2, 0.25) is 0 Å². The summed E-state index contributed by atoms with van der Waals surface area (Å²) in [5, 5.41) is 0. The minimum Gasteiger partial charge on any atom is -0.360 e. The van der Waals surface area contributed by atoms with Gasteiger partial charge in [0.15, 0.2) is 0 Å². The van der Waals surface area contributed by atoms with Crippen molar-refractivity contribution in [3.8, 4) is 0 Å². The fourth-order valence-corrected chi connectivity index (χ4v) is 2.22. The van der Waals surface area contributed by atoms with Gasteiger partial charge in [0.1, 0.15) is 14.0 Å². The smallest absolute Gasteiger partial charge is 0.140 e. The van der Waals surface area contributed by atoms with E-state index in [0.717, 1.165) is 0 Å². The molecule has 3 heteroatoms. The third-order valence-corrected chi connectivity index (χ3v) is 3.02. The van der Waals surface area contributed by atoms with Crippen LogP contribution in [0.1, 0.15) is 0 Å². The van der Waals surface area contributed by atoms with Gasteiger partial charge >= 0.3 is 0 Å². The SMILES string of the molecule is COC(OC)[Si](C)(C)C. The average molecular weight is 148 g/mol. The lowest BCUT2D eigenvalue weighted by atomic mass is 11.3. The van der Waals surface area contributed by atoms with E-state index in [0.29, 0.717) is 0 Å². The number of hydrogen-bond acceptors (Lipinski definition) is 2. The largest absolute Gasteiger partial charge is 0.360 e. The first-order valence-electron chi connectivity index (χ1n) is 3.08. The molecule has 56 valence electrons. The van der Waals surface area contributed by atoms with Crippen LogP contribution in [0.2, 0.25) is 19.6 Å². The second-order valence-electron chi connectivity index (χ2n) is 3.17. The Balaban J connectivity index is 3.79. The number of methoxy groups -OCH3 is 2. The van der Waals surface area contributed by atoms with Gasteiger partial charge in [-0.15, -0.1) is 0 Å². The molecule has 0 N–H and O–H groups in total. The minimum atomic E-state index is -1.23. The molecule has 0 saturated heterocycles. The van der Waals surface area contributed by atoms with E-state index >= 15 is 0 Å². The quantitative estimate of drug-likeness (QED) is 0.446. The van der Waals surface area contributed by atoms with Crippen LogP contribution in [-0.2, 0) is 9.47 Å². The van der Waals surface area contributed by atoms with E-state index in [2.05, 4.69) is 19.6 Å². The molecule has 0 aromatic carbocycles. The number of ether oxygens (including phenoxy) is 2. The molecule has 0 bridgehead atoms. The Hall–Kier alpha value is 0.137. The maximum atomic E-state index is 5.10. The van der Waals surface area contributed by atoms with E-state index in [1.165, 1.54) is 0 Å². The van der Waals surface area contributed by atoms with Crippen LogP contribution in [0.3, 0.4) is 0 Å². The molecule has 0 aromatic rings. The Morgan fingerprint density at radius 1 is 1.00 bits per heavy atom. The third kappa shape index (κ3) is 2.98. The standard InChI is InChI=1S/C6H16O2Si/c1-7-6(8-2)9(3,4)5/h6H,1-5H3. The Kier molecular flexibility index (Phi) is 3.39. The fraction of sp³-hybridized carbons (Fsp3) is 1.00. The molecule has 0 heterocycles. The van der Waals surface area contributed by atoms with Crippen molar-refractivity contribution >= 4 is 8.07 Å². The van der Waals surface area contributed by atoms with Crippen molar-refractivity contribution in [1.82, 2.24) is 0 Å². The first-order chi connectivity index (χ1) is 4.02. The van der Waals surface area contributed by atoms with Crippen LogP contribution in [0.15, 0.2) is 0 Å². The summed E-state index contributed by atoms with van der Waals surface area (Å²) in [5.74, 6) is 0.0394. The van der Waals surface area contributed by atoms with Crippen molar-refractivity contribution in [3.63, 3.8) is 0 Å². The van der Waals surface area contributed by atoms with Gasteiger partial charge < -0.3 is 9.47 Å². The molecule has 0 fully saturated rings. The first-order valence-corrected chi connectivity index (χ1v) is 6.65. The van der Waals surface area contributed by atoms with Crippen molar-refractivity contribution in [2.75, 3.05) is 14.2 Å². The Morgan fingerprint density at radius 3 is 1.33 bits per heavy atom. The summed E-state index contributed by atoms with van der Waals surface area (Å²) in [6.45, 7) is 6.64. The highest BCUT2D eigenvalue weighted by Gasteiger charge is 2.25. The summed E-state index contributed by atoms with van der Waals surface area (Å²) >= 11 is 0. The molecule has 0 aromatic heterocycles. The van der Waals surface area contributed by atoms with Crippen LogP contribution >= 0.6 is 0 Å². The molecule has 0 atom stereocenters. The molecule has 0 aliphatic heterocycles. The van der Waals surface area contributed by atoms with E-state index < -0.39 is 8.07 Å². The Morgan fingerprint density at radius 2 is 1.33 bits per heavy atom. The molecular formula is C6H16O2Si. The van der Waals surface area contributed by atoms with E-state index in [4.69, 9.17) is 9.47 Å². The van der Waals surface area contributed by atoms with Gasteiger partial charge in [-0.3, -0.25) is 0 Å². The summed E-state index contributed by atoms with van der Waals surface area (Å²) in [5.41, 5.74) is 0. The van der Waals surface area contributed by atoms with Crippen molar-refractivity contribution in [1.29, 1.82) is 0 Å². The molecule has 0 saturated carbocycles. The van der Waals surface area contributed by atoms with E-state index in [1.807, 2.05) is 0 Å². The van der Waals surface area contributed by atoms with Gasteiger partial charge in [-0.1, -0.05) is 19.6 Å². The summed E-state index contributed by atoms with van der Waals surface area (Å²) in [4.78, 5) is 0. The van der Waals surface area contributed by atoms with Gasteiger partial charge in [-0.05, 0) is 0 Å². The summed E-state index contributed by atoms with van der Waals surface area (Å²) in [6.07, 6.45) is 0. The van der Waals surface area contributed by atoms with Crippen LogP contribution in [0.25, 0.3) is 0 Å². The number of rotatable bonds is 3. The third-order valence-electron chi connectivity index (χ3n) is 1.14. The van der Waals surface area contributed by atoms with Gasteiger partial charge in [-0.25, -0.2) is 0 Å². The maximum Gasteiger partial charge on any atom is 0.140 e. The molecule has 0 aliphatic rings. The summed E-state index contributed by atoms with van der Waals surface area (Å²) < 4.78 is 10.2. The van der Waals surface area contributed by atoms with Gasteiger partial charge in [0.25, 0.3) is 0 Å². The lowest BCUT2D eigenvalue weighted by molar-refractivity contribution is -0.0495. The molecular weight excluding hydrogens is 132 g/mol. The second kappa shape index (κ2) is 3.34. The average Bonchev–Trinajstić information content (AvgIpc) is 1.65. The highest BCUT2D eigenvalue weighted by Crippen LogP contribution is 2.10. The summed E-state index contributed by atoms with van der Waals surface area (Å²) in [6, 6.07) is 0. The first kappa shape index (κ1) is 9.14. The van der Waals surface area contributed by atoms with Crippen molar-refractivity contribution in [3.05, 3.63) is 0 Å². The molecule has 9 heavy (non-hydrogen) atoms. The molecule has 0 amide bonds. The molecule has 2 nitrogen and oxygen atoms in total. The maximum absolute atomic E-state index is 5.10. The zero-order valence-electron chi connectivity index (χ0n) is 6.89. The zero-order valence-corrected chi connectivity index (χ0v) is 7.89. The molecule has 0 aliphatic carbocycles. The van der Waals surface area contributed by atoms with Crippen LogP contribution in [0.4, 0.5) is 0 Å². The monoisotopic (exact) mass is 148 g/mol. The van der Waals surface area contributed by atoms with Gasteiger partial charge in [0, 0.05) is 14.2 Å². The van der Waals surface area contributed by atoms with E-state index in [-0.39, 0.29) is 5.91 Å². The van der Waals surface area contributed by atoms with Crippen molar-refractivity contribution < 1.29 is 9.47 Å². The van der Waals surface area contributed by atoms with Crippen LogP contribution in [0.5, 0.6) is 0 Å². The van der Waals surface area contributed by atoms with Crippen LogP contribution < -0.4 is 0 Å². The highest BCUT2D eigenvalue weighted by atomic mass is 28.3. The molecule has 0 radical (unpaired) electrons.